The molecule has 19 heavy (non-hydrogen) atoms. The zero-order valence-electron chi connectivity index (χ0n) is 11.1. The monoisotopic (exact) mass is 285 g/mol. The Morgan fingerprint density at radius 1 is 1.32 bits per heavy atom. The number of hydrogen-bond acceptors (Lipinski definition) is 3. The molecule has 5 nitrogen and oxygen atoms in total. The van der Waals surface area contributed by atoms with E-state index in [1.807, 2.05) is 0 Å². The van der Waals surface area contributed by atoms with Crippen LogP contribution < -0.4 is 0 Å². The van der Waals surface area contributed by atoms with Crippen molar-refractivity contribution in [1.29, 1.82) is 0 Å². The highest BCUT2D eigenvalue weighted by Crippen LogP contribution is 2.16. The molecule has 1 rings (SSSR count). The van der Waals surface area contributed by atoms with Gasteiger partial charge in [-0.1, -0.05) is 25.1 Å². The predicted molar refractivity (Wildman–Crippen MR) is 72.3 cm³/mol. The van der Waals surface area contributed by atoms with Crippen molar-refractivity contribution in [3.05, 3.63) is 30.3 Å². The summed E-state index contributed by atoms with van der Waals surface area (Å²) in [5, 5.41) is 8.94. The van der Waals surface area contributed by atoms with Gasteiger partial charge in [-0.3, -0.25) is 4.79 Å². The Bertz CT molecular complexity index is 513. The Morgan fingerprint density at radius 3 is 2.37 bits per heavy atom. The van der Waals surface area contributed by atoms with Gasteiger partial charge in [0.25, 0.3) is 0 Å². The van der Waals surface area contributed by atoms with E-state index >= 15 is 0 Å². The Labute approximate surface area is 113 Å². The lowest BCUT2D eigenvalue weighted by Gasteiger charge is -2.19. The minimum atomic E-state index is -3.53. The minimum Gasteiger partial charge on any atom is -0.481 e. The first-order chi connectivity index (χ1) is 8.89. The largest absolute Gasteiger partial charge is 0.481 e. The van der Waals surface area contributed by atoms with Crippen molar-refractivity contribution in [1.82, 2.24) is 4.31 Å². The first-order valence-corrected chi connectivity index (χ1v) is 7.57. The minimum absolute atomic E-state index is 0.196. The summed E-state index contributed by atoms with van der Waals surface area (Å²) in [6.07, 6.45) is 0.808. The molecule has 0 saturated carbocycles. The van der Waals surface area contributed by atoms with Crippen LogP contribution in [0.3, 0.4) is 0 Å². The summed E-state index contributed by atoms with van der Waals surface area (Å²) in [4.78, 5) is 11.1. The van der Waals surface area contributed by atoms with E-state index in [1.165, 1.54) is 23.5 Å². The molecule has 0 aromatic heterocycles. The van der Waals surface area contributed by atoms with E-state index in [0.29, 0.717) is 12.8 Å². The zero-order chi connectivity index (χ0) is 14.5. The summed E-state index contributed by atoms with van der Waals surface area (Å²) in [6, 6.07) is 8.12. The molecule has 0 radical (unpaired) electrons. The average Bonchev–Trinajstić information content (AvgIpc) is 2.39. The fraction of sp³-hybridized carbons (Fsp3) is 0.462. The summed E-state index contributed by atoms with van der Waals surface area (Å²) in [5.74, 6) is -1.39. The van der Waals surface area contributed by atoms with Gasteiger partial charge in [0.2, 0.25) is 10.0 Å². The number of nitrogens with zero attached hydrogens (tertiary/aromatic N) is 1. The number of rotatable bonds is 7. The first-order valence-electron chi connectivity index (χ1n) is 6.13. The van der Waals surface area contributed by atoms with Crippen LogP contribution in [0.15, 0.2) is 35.2 Å². The van der Waals surface area contributed by atoms with Gasteiger partial charge in [0.15, 0.2) is 0 Å². The van der Waals surface area contributed by atoms with Crippen LogP contribution in [0.1, 0.15) is 19.8 Å². The second kappa shape index (κ2) is 6.68. The normalized spacial score (nSPS) is 13.4. The van der Waals surface area contributed by atoms with Crippen molar-refractivity contribution in [2.75, 3.05) is 13.6 Å². The Morgan fingerprint density at radius 2 is 1.89 bits per heavy atom. The molecule has 1 N–H and O–H groups in total. The quantitative estimate of drug-likeness (QED) is 0.829. The fourth-order valence-corrected chi connectivity index (χ4v) is 2.94. The van der Waals surface area contributed by atoms with Gasteiger partial charge in [-0.25, -0.2) is 12.7 Å². The van der Waals surface area contributed by atoms with Crippen LogP contribution in [0.5, 0.6) is 0 Å². The summed E-state index contributed by atoms with van der Waals surface area (Å²) in [6.45, 7) is 1.98. The van der Waals surface area contributed by atoms with Crippen LogP contribution in [0.2, 0.25) is 0 Å². The number of carboxylic acid groups (broad SMARTS) is 1. The molecule has 0 bridgehead atoms. The summed E-state index contributed by atoms with van der Waals surface area (Å²) < 4.78 is 25.6. The fourth-order valence-electron chi connectivity index (χ4n) is 1.73. The highest BCUT2D eigenvalue weighted by molar-refractivity contribution is 7.89. The van der Waals surface area contributed by atoms with Crippen LogP contribution in [-0.4, -0.2) is 37.4 Å². The molecule has 0 aliphatic carbocycles. The highest BCUT2D eigenvalue weighted by Gasteiger charge is 2.22. The zero-order valence-corrected chi connectivity index (χ0v) is 11.9. The topological polar surface area (TPSA) is 74.7 Å². The van der Waals surface area contributed by atoms with Crippen LogP contribution >= 0.6 is 0 Å². The van der Waals surface area contributed by atoms with E-state index < -0.39 is 21.9 Å². The van der Waals surface area contributed by atoms with Gasteiger partial charge in [0.05, 0.1) is 10.8 Å². The van der Waals surface area contributed by atoms with Crippen molar-refractivity contribution >= 4 is 16.0 Å². The van der Waals surface area contributed by atoms with Gasteiger partial charge in [-0.05, 0) is 25.0 Å². The molecule has 0 heterocycles. The number of hydrogen-bond donors (Lipinski definition) is 1. The third-order valence-corrected chi connectivity index (χ3v) is 4.96. The maximum atomic E-state index is 12.2. The Kier molecular flexibility index (Phi) is 5.50. The van der Waals surface area contributed by atoms with Crippen LogP contribution in [0, 0.1) is 5.92 Å². The molecule has 0 spiro atoms. The molecule has 1 aromatic carbocycles. The van der Waals surface area contributed by atoms with Gasteiger partial charge >= 0.3 is 5.97 Å². The molecule has 6 heteroatoms. The molecule has 0 fully saturated rings. The molecule has 106 valence electrons. The highest BCUT2D eigenvalue weighted by atomic mass is 32.2. The number of sulfonamides is 1. The molecular weight excluding hydrogens is 266 g/mol. The van der Waals surface area contributed by atoms with Crippen molar-refractivity contribution in [3.8, 4) is 0 Å². The summed E-state index contributed by atoms with van der Waals surface area (Å²) >= 11 is 0. The lowest BCUT2D eigenvalue weighted by molar-refractivity contribution is -0.142. The third-order valence-electron chi connectivity index (χ3n) is 3.09. The SMILES string of the molecule is CCC(CCN(C)S(=O)(=O)c1ccccc1)C(=O)O. The second-order valence-electron chi connectivity index (χ2n) is 4.37. The van der Waals surface area contributed by atoms with E-state index in [2.05, 4.69) is 0 Å². The predicted octanol–water partition coefficient (Wildman–Crippen LogP) is 1.81. The van der Waals surface area contributed by atoms with Crippen molar-refractivity contribution in [3.63, 3.8) is 0 Å². The van der Waals surface area contributed by atoms with E-state index in [-0.39, 0.29) is 11.4 Å². The number of benzene rings is 1. The molecular formula is C13H19NO4S. The maximum absolute atomic E-state index is 12.2. The maximum Gasteiger partial charge on any atom is 0.306 e. The molecule has 0 amide bonds. The molecule has 0 aliphatic rings. The summed E-state index contributed by atoms with van der Waals surface area (Å²) in [7, 11) is -2.06. The smallest absolute Gasteiger partial charge is 0.306 e. The second-order valence-corrected chi connectivity index (χ2v) is 6.42. The Balaban J connectivity index is 2.73. The van der Waals surface area contributed by atoms with E-state index in [1.54, 1.807) is 25.1 Å². The van der Waals surface area contributed by atoms with E-state index in [0.717, 1.165) is 0 Å². The van der Waals surface area contributed by atoms with Crippen LogP contribution in [-0.2, 0) is 14.8 Å². The van der Waals surface area contributed by atoms with Gasteiger partial charge in [-0.2, -0.15) is 0 Å². The first kappa shape index (κ1) is 15.7. The summed E-state index contributed by atoms with van der Waals surface area (Å²) in [5.41, 5.74) is 0. The average molecular weight is 285 g/mol. The lowest BCUT2D eigenvalue weighted by Crippen LogP contribution is -2.30. The molecule has 1 unspecified atom stereocenters. The van der Waals surface area contributed by atoms with Crippen LogP contribution in [0.25, 0.3) is 0 Å². The lowest BCUT2D eigenvalue weighted by atomic mass is 10.0. The Hall–Kier alpha value is -1.40. The van der Waals surface area contributed by atoms with E-state index in [4.69, 9.17) is 5.11 Å². The van der Waals surface area contributed by atoms with Crippen molar-refractivity contribution in [2.45, 2.75) is 24.7 Å². The van der Waals surface area contributed by atoms with Crippen molar-refractivity contribution < 1.29 is 18.3 Å². The van der Waals surface area contributed by atoms with Crippen LogP contribution in [0.4, 0.5) is 0 Å². The van der Waals surface area contributed by atoms with Gasteiger partial charge in [0, 0.05) is 13.6 Å². The number of carboxylic acids is 1. The third kappa shape index (κ3) is 4.04. The molecule has 0 saturated heterocycles. The molecule has 0 aliphatic heterocycles. The molecule has 1 aromatic rings. The standard InChI is InChI=1S/C13H19NO4S/c1-3-11(13(15)16)9-10-14(2)19(17,18)12-7-5-4-6-8-12/h4-8,11H,3,9-10H2,1-2H3,(H,15,16). The van der Waals surface area contributed by atoms with Gasteiger partial charge in [0.1, 0.15) is 0 Å². The molecule has 1 atom stereocenters. The van der Waals surface area contributed by atoms with Gasteiger partial charge < -0.3 is 5.11 Å². The van der Waals surface area contributed by atoms with E-state index in [9.17, 15) is 13.2 Å². The number of carbonyl (C=O) groups is 1. The number of aliphatic carboxylic acids is 1. The van der Waals surface area contributed by atoms with Gasteiger partial charge in [-0.15, -0.1) is 0 Å². The van der Waals surface area contributed by atoms with Crippen molar-refractivity contribution in [2.24, 2.45) is 5.92 Å².